The number of benzene rings is 1. The summed E-state index contributed by atoms with van der Waals surface area (Å²) in [5.74, 6) is -0.544. The van der Waals surface area contributed by atoms with Crippen LogP contribution in [0.25, 0.3) is 0 Å². The van der Waals surface area contributed by atoms with Gasteiger partial charge in [-0.3, -0.25) is 9.59 Å². The number of amides is 2. The van der Waals surface area contributed by atoms with Gasteiger partial charge in [0.25, 0.3) is 5.91 Å². The molecule has 0 bridgehead atoms. The van der Waals surface area contributed by atoms with E-state index < -0.39 is 6.10 Å². The summed E-state index contributed by atoms with van der Waals surface area (Å²) in [7, 11) is 0. The number of hydrogen-bond donors (Lipinski definition) is 3. The summed E-state index contributed by atoms with van der Waals surface area (Å²) in [6.45, 7) is 0.436. The zero-order valence-corrected chi connectivity index (χ0v) is 11.2. The fourth-order valence-corrected chi connectivity index (χ4v) is 2.20. The molecule has 1 aromatic carbocycles. The standard InChI is InChI=1S/C14H19N3O3/c15-8-11-5-6-12(20-11)14(19)17-10-3-1-9(2-4-10)7-13(16)18/h1-4,11-12H,5-8,15H2,(H2,16,18)(H,17,19)/t11-,12+/m1/s1. The number of carbonyl (C=O) groups excluding carboxylic acids is 2. The molecule has 1 saturated heterocycles. The molecule has 2 amide bonds. The van der Waals surface area contributed by atoms with Gasteiger partial charge in [-0.25, -0.2) is 0 Å². The van der Waals surface area contributed by atoms with Crippen molar-refractivity contribution < 1.29 is 14.3 Å². The first-order valence-corrected chi connectivity index (χ1v) is 6.62. The lowest BCUT2D eigenvalue weighted by Crippen LogP contribution is -2.29. The monoisotopic (exact) mass is 277 g/mol. The van der Waals surface area contributed by atoms with E-state index in [1.807, 2.05) is 0 Å². The highest BCUT2D eigenvalue weighted by Crippen LogP contribution is 2.20. The van der Waals surface area contributed by atoms with Gasteiger partial charge in [-0.15, -0.1) is 0 Å². The van der Waals surface area contributed by atoms with Crippen molar-refractivity contribution in [3.63, 3.8) is 0 Å². The summed E-state index contributed by atoms with van der Waals surface area (Å²) >= 11 is 0. The average Bonchev–Trinajstić information content (AvgIpc) is 2.89. The lowest BCUT2D eigenvalue weighted by Gasteiger charge is -2.12. The summed E-state index contributed by atoms with van der Waals surface area (Å²) in [4.78, 5) is 22.8. The first-order chi connectivity index (χ1) is 9.58. The van der Waals surface area contributed by atoms with Crippen LogP contribution in [-0.4, -0.2) is 30.6 Å². The number of carbonyl (C=O) groups is 2. The van der Waals surface area contributed by atoms with E-state index in [1.54, 1.807) is 24.3 Å². The van der Waals surface area contributed by atoms with Crippen LogP contribution in [0.3, 0.4) is 0 Å². The van der Waals surface area contributed by atoms with E-state index >= 15 is 0 Å². The lowest BCUT2D eigenvalue weighted by atomic mass is 10.1. The number of primary amides is 1. The Bertz CT molecular complexity index is 487. The van der Waals surface area contributed by atoms with Crippen molar-refractivity contribution in [2.75, 3.05) is 11.9 Å². The van der Waals surface area contributed by atoms with Crippen molar-refractivity contribution in [2.45, 2.75) is 31.5 Å². The zero-order valence-electron chi connectivity index (χ0n) is 11.2. The van der Waals surface area contributed by atoms with E-state index in [1.165, 1.54) is 0 Å². The second-order valence-electron chi connectivity index (χ2n) is 4.89. The predicted molar refractivity (Wildman–Crippen MR) is 74.9 cm³/mol. The van der Waals surface area contributed by atoms with Crippen molar-refractivity contribution in [3.05, 3.63) is 29.8 Å². The average molecular weight is 277 g/mol. The molecule has 108 valence electrons. The number of ether oxygens (including phenoxy) is 1. The SMILES string of the molecule is NC[C@H]1CC[C@@H](C(=O)Nc2ccc(CC(N)=O)cc2)O1. The van der Waals surface area contributed by atoms with Crippen molar-refractivity contribution in [3.8, 4) is 0 Å². The topological polar surface area (TPSA) is 107 Å². The Balaban J connectivity index is 1.90. The number of hydrogen-bond acceptors (Lipinski definition) is 4. The smallest absolute Gasteiger partial charge is 0.253 e. The molecule has 1 aromatic rings. The van der Waals surface area contributed by atoms with Gasteiger partial charge in [-0.1, -0.05) is 12.1 Å². The van der Waals surface area contributed by atoms with E-state index in [2.05, 4.69) is 5.32 Å². The molecule has 1 heterocycles. The largest absolute Gasteiger partial charge is 0.369 e. The van der Waals surface area contributed by atoms with Crippen LogP contribution in [0.15, 0.2) is 24.3 Å². The minimum atomic E-state index is -0.436. The summed E-state index contributed by atoms with van der Waals surface area (Å²) in [6.07, 6.45) is 1.23. The van der Waals surface area contributed by atoms with E-state index in [0.717, 1.165) is 12.0 Å². The van der Waals surface area contributed by atoms with Crippen molar-refractivity contribution >= 4 is 17.5 Å². The molecule has 2 atom stereocenters. The molecule has 0 unspecified atom stereocenters. The summed E-state index contributed by atoms with van der Waals surface area (Å²) in [5, 5.41) is 2.79. The van der Waals surface area contributed by atoms with Crippen LogP contribution in [0.5, 0.6) is 0 Å². The van der Waals surface area contributed by atoms with Gasteiger partial charge in [-0.05, 0) is 30.5 Å². The van der Waals surface area contributed by atoms with E-state index in [9.17, 15) is 9.59 Å². The van der Waals surface area contributed by atoms with Crippen LogP contribution >= 0.6 is 0 Å². The number of nitrogens with one attached hydrogen (secondary N) is 1. The van der Waals surface area contributed by atoms with Crippen LogP contribution in [0.1, 0.15) is 18.4 Å². The Morgan fingerprint density at radius 1 is 1.25 bits per heavy atom. The van der Waals surface area contributed by atoms with Gasteiger partial charge in [-0.2, -0.15) is 0 Å². The summed E-state index contributed by atoms with van der Waals surface area (Å²) in [6, 6.07) is 7.01. The van der Waals surface area contributed by atoms with Crippen LogP contribution in [0.2, 0.25) is 0 Å². The molecule has 0 radical (unpaired) electrons. The predicted octanol–water partition coefficient (Wildman–Crippen LogP) is 0.159. The number of rotatable bonds is 5. The normalized spacial score (nSPS) is 21.6. The number of nitrogens with two attached hydrogens (primary N) is 2. The fraction of sp³-hybridized carbons (Fsp3) is 0.429. The third kappa shape index (κ3) is 3.79. The first kappa shape index (κ1) is 14.5. The molecule has 20 heavy (non-hydrogen) atoms. The summed E-state index contributed by atoms with van der Waals surface area (Å²) < 4.78 is 5.52. The van der Waals surface area contributed by atoms with Gasteiger partial charge in [0.2, 0.25) is 5.91 Å². The number of anilines is 1. The molecule has 2 rings (SSSR count). The Morgan fingerprint density at radius 2 is 1.95 bits per heavy atom. The highest BCUT2D eigenvalue weighted by atomic mass is 16.5. The van der Waals surface area contributed by atoms with Crippen LogP contribution in [0, 0.1) is 0 Å². The molecular weight excluding hydrogens is 258 g/mol. The third-order valence-electron chi connectivity index (χ3n) is 3.26. The molecule has 1 aliphatic heterocycles. The first-order valence-electron chi connectivity index (χ1n) is 6.62. The van der Waals surface area contributed by atoms with Crippen molar-refractivity contribution in [1.82, 2.24) is 0 Å². The lowest BCUT2D eigenvalue weighted by molar-refractivity contribution is -0.126. The van der Waals surface area contributed by atoms with Gasteiger partial charge in [0.15, 0.2) is 0 Å². The minimum absolute atomic E-state index is 0.0244. The molecule has 0 aromatic heterocycles. The Morgan fingerprint density at radius 3 is 2.50 bits per heavy atom. The molecule has 1 aliphatic rings. The van der Waals surface area contributed by atoms with Crippen LogP contribution in [-0.2, 0) is 20.7 Å². The second kappa shape index (κ2) is 6.49. The molecule has 1 fully saturated rings. The second-order valence-corrected chi connectivity index (χ2v) is 4.89. The molecule has 6 heteroatoms. The minimum Gasteiger partial charge on any atom is -0.369 e. The summed E-state index contributed by atoms with van der Waals surface area (Å²) in [5.41, 5.74) is 12.1. The molecule has 6 nitrogen and oxygen atoms in total. The van der Waals surface area contributed by atoms with Crippen LogP contribution in [0.4, 0.5) is 5.69 Å². The zero-order chi connectivity index (χ0) is 14.5. The van der Waals surface area contributed by atoms with E-state index in [0.29, 0.717) is 18.7 Å². The fourth-order valence-electron chi connectivity index (χ4n) is 2.20. The quantitative estimate of drug-likeness (QED) is 0.712. The molecule has 0 saturated carbocycles. The van der Waals surface area contributed by atoms with Crippen molar-refractivity contribution in [2.24, 2.45) is 11.5 Å². The highest BCUT2D eigenvalue weighted by molar-refractivity contribution is 5.94. The maximum atomic E-state index is 12.0. The van der Waals surface area contributed by atoms with Gasteiger partial charge >= 0.3 is 0 Å². The van der Waals surface area contributed by atoms with Crippen molar-refractivity contribution in [1.29, 1.82) is 0 Å². The molecular formula is C14H19N3O3. The maximum Gasteiger partial charge on any atom is 0.253 e. The molecule has 0 aliphatic carbocycles. The maximum absolute atomic E-state index is 12.0. The van der Waals surface area contributed by atoms with E-state index in [-0.39, 0.29) is 24.3 Å². The van der Waals surface area contributed by atoms with E-state index in [4.69, 9.17) is 16.2 Å². The molecule has 0 spiro atoms. The van der Waals surface area contributed by atoms with Crippen LogP contribution < -0.4 is 16.8 Å². The van der Waals surface area contributed by atoms with Gasteiger partial charge in [0.05, 0.1) is 12.5 Å². The third-order valence-corrected chi connectivity index (χ3v) is 3.26. The highest BCUT2D eigenvalue weighted by Gasteiger charge is 2.29. The Hall–Kier alpha value is -1.92. The van der Waals surface area contributed by atoms with Gasteiger partial charge < -0.3 is 21.5 Å². The Kier molecular flexibility index (Phi) is 4.70. The van der Waals surface area contributed by atoms with Gasteiger partial charge in [0, 0.05) is 12.2 Å². The Labute approximate surface area is 117 Å². The molecule has 5 N–H and O–H groups in total. The van der Waals surface area contributed by atoms with Gasteiger partial charge in [0.1, 0.15) is 6.10 Å².